The first kappa shape index (κ1) is 30.7. The molecule has 43 heavy (non-hydrogen) atoms. The van der Waals surface area contributed by atoms with Gasteiger partial charge in [-0.1, -0.05) is 6.07 Å². The van der Waals surface area contributed by atoms with Crippen LogP contribution in [0.25, 0.3) is 10.9 Å². The van der Waals surface area contributed by atoms with Crippen molar-refractivity contribution >= 4 is 52.6 Å². The standard InChI is InChI=1S/C27H30FN6O7PS/c1-39-23-12-21-22(13-24(23)40-9-3-7-34-8-6-19(15-34)41-42(36,37)38)30-16-31-26(21)33-27-29-14-20(43-27)11-25(35)32-18-5-2-4-17(28)10-18/h2,4-5,10,12-14,16,19H,3,6-9,11,15H2,1H3,(H,32,35)(H2,36,37,38)(H,29,30,31,33). The predicted octanol–water partition coefficient (Wildman–Crippen LogP) is 4.11. The molecule has 4 aromatic rings. The van der Waals surface area contributed by atoms with Crippen LogP contribution in [-0.2, 0) is 20.3 Å². The Morgan fingerprint density at radius 1 is 1.21 bits per heavy atom. The summed E-state index contributed by atoms with van der Waals surface area (Å²) in [6.07, 6.45) is 3.87. The van der Waals surface area contributed by atoms with Crippen molar-refractivity contribution in [2.24, 2.45) is 0 Å². The van der Waals surface area contributed by atoms with Crippen LogP contribution in [-0.4, -0.2) is 75.0 Å². The van der Waals surface area contributed by atoms with E-state index in [0.29, 0.717) is 83.0 Å². The van der Waals surface area contributed by atoms with E-state index < -0.39 is 19.7 Å². The molecule has 5 rings (SSSR count). The monoisotopic (exact) mass is 632 g/mol. The molecule has 1 amide bonds. The number of phosphoric acid groups is 1. The molecule has 1 aliphatic rings. The topological polar surface area (TPSA) is 168 Å². The number of carbonyl (C=O) groups excluding carboxylic acids is 1. The summed E-state index contributed by atoms with van der Waals surface area (Å²) in [5.74, 6) is 0.798. The van der Waals surface area contributed by atoms with E-state index in [9.17, 15) is 13.8 Å². The van der Waals surface area contributed by atoms with Gasteiger partial charge >= 0.3 is 7.82 Å². The highest BCUT2D eigenvalue weighted by atomic mass is 32.1. The molecular formula is C27H30FN6O7PS. The highest BCUT2D eigenvalue weighted by molar-refractivity contribution is 7.46. The van der Waals surface area contributed by atoms with Gasteiger partial charge in [-0.2, -0.15) is 0 Å². The van der Waals surface area contributed by atoms with Crippen molar-refractivity contribution in [1.29, 1.82) is 0 Å². The Kier molecular flexibility index (Phi) is 9.80. The fourth-order valence-corrected chi connectivity index (χ4v) is 6.04. The maximum absolute atomic E-state index is 13.4. The summed E-state index contributed by atoms with van der Waals surface area (Å²) < 4.78 is 40.8. The number of rotatable bonds is 13. The van der Waals surface area contributed by atoms with Gasteiger partial charge in [0.15, 0.2) is 16.6 Å². The molecule has 0 spiro atoms. The Labute approximate surface area is 250 Å². The number of nitrogens with one attached hydrogen (secondary N) is 2. The van der Waals surface area contributed by atoms with Gasteiger partial charge in [0.25, 0.3) is 0 Å². The molecule has 2 aromatic heterocycles. The van der Waals surface area contributed by atoms with E-state index in [0.717, 1.165) is 0 Å². The van der Waals surface area contributed by atoms with E-state index in [4.69, 9.17) is 23.8 Å². The second-order valence-electron chi connectivity index (χ2n) is 9.74. The Morgan fingerprint density at radius 2 is 2.07 bits per heavy atom. The van der Waals surface area contributed by atoms with Gasteiger partial charge in [-0.15, -0.1) is 11.3 Å². The summed E-state index contributed by atoms with van der Waals surface area (Å²) in [6, 6.07) is 9.25. The zero-order chi connectivity index (χ0) is 30.4. The third-order valence-corrected chi connectivity index (χ3v) is 8.02. The fourth-order valence-electron chi connectivity index (χ4n) is 4.66. The van der Waals surface area contributed by atoms with E-state index >= 15 is 0 Å². The summed E-state index contributed by atoms with van der Waals surface area (Å²) in [6.45, 7) is 2.24. The van der Waals surface area contributed by atoms with E-state index in [1.165, 1.54) is 43.0 Å². The molecule has 1 atom stereocenters. The molecule has 1 fully saturated rings. The van der Waals surface area contributed by atoms with Crippen molar-refractivity contribution in [1.82, 2.24) is 19.9 Å². The maximum atomic E-state index is 13.4. The predicted molar refractivity (Wildman–Crippen MR) is 158 cm³/mol. The molecule has 1 unspecified atom stereocenters. The van der Waals surface area contributed by atoms with Crippen LogP contribution in [0.4, 0.5) is 21.0 Å². The van der Waals surface area contributed by atoms with Crippen molar-refractivity contribution in [3.63, 3.8) is 0 Å². The molecule has 16 heteroatoms. The van der Waals surface area contributed by atoms with Crippen LogP contribution in [0.3, 0.4) is 0 Å². The molecule has 0 aliphatic carbocycles. The zero-order valence-corrected chi connectivity index (χ0v) is 24.8. The van der Waals surface area contributed by atoms with Crippen molar-refractivity contribution in [3.8, 4) is 11.5 Å². The molecule has 4 N–H and O–H groups in total. The van der Waals surface area contributed by atoms with Crippen LogP contribution in [0.15, 0.2) is 48.9 Å². The Balaban J connectivity index is 1.17. The van der Waals surface area contributed by atoms with Crippen LogP contribution in [0, 0.1) is 5.82 Å². The van der Waals surface area contributed by atoms with Gasteiger partial charge in [-0.25, -0.2) is 23.9 Å². The smallest absolute Gasteiger partial charge is 0.469 e. The minimum atomic E-state index is -4.49. The number of amides is 1. The number of hydrogen-bond acceptors (Lipinski definition) is 11. The van der Waals surface area contributed by atoms with E-state index in [-0.39, 0.29) is 12.3 Å². The average molecular weight is 633 g/mol. The second kappa shape index (κ2) is 13.7. The number of thiazole rings is 1. The van der Waals surface area contributed by atoms with Gasteiger partial charge < -0.3 is 34.8 Å². The number of benzene rings is 2. The van der Waals surface area contributed by atoms with Crippen LogP contribution in [0.2, 0.25) is 0 Å². The summed E-state index contributed by atoms with van der Waals surface area (Å²) in [7, 11) is -2.95. The SMILES string of the molecule is COc1cc2c(Nc3ncc(CC(=O)Nc4cccc(F)c4)s3)ncnc2cc1OCCCN1CCC(OP(=O)(O)O)C1. The molecule has 3 heterocycles. The first-order valence-corrected chi connectivity index (χ1v) is 15.7. The lowest BCUT2D eigenvalue weighted by atomic mass is 10.2. The van der Waals surface area contributed by atoms with E-state index in [1.807, 2.05) is 0 Å². The number of carbonyl (C=O) groups is 1. The third kappa shape index (κ3) is 8.66. The number of methoxy groups -OCH3 is 1. The summed E-state index contributed by atoms with van der Waals surface area (Å²) >= 11 is 1.29. The van der Waals surface area contributed by atoms with Gasteiger partial charge in [0.1, 0.15) is 18.0 Å². The first-order chi connectivity index (χ1) is 20.6. The number of hydrogen-bond donors (Lipinski definition) is 4. The molecular weight excluding hydrogens is 602 g/mol. The normalized spacial score (nSPS) is 15.5. The largest absolute Gasteiger partial charge is 0.493 e. The van der Waals surface area contributed by atoms with Crippen LogP contribution in [0.1, 0.15) is 17.7 Å². The maximum Gasteiger partial charge on any atom is 0.469 e. The highest BCUT2D eigenvalue weighted by Crippen LogP contribution is 2.39. The first-order valence-electron chi connectivity index (χ1n) is 13.3. The lowest BCUT2D eigenvalue weighted by molar-refractivity contribution is -0.115. The van der Waals surface area contributed by atoms with Crippen LogP contribution >= 0.6 is 19.2 Å². The molecule has 0 radical (unpaired) electrons. The zero-order valence-electron chi connectivity index (χ0n) is 23.1. The molecule has 0 saturated carbocycles. The van der Waals surface area contributed by atoms with E-state index in [2.05, 4.69) is 30.5 Å². The van der Waals surface area contributed by atoms with E-state index in [1.54, 1.807) is 24.4 Å². The summed E-state index contributed by atoms with van der Waals surface area (Å²) in [5, 5.41) is 7.07. The minimum absolute atomic E-state index is 0.0778. The number of halogens is 1. The van der Waals surface area contributed by atoms with Crippen molar-refractivity contribution < 1.29 is 37.5 Å². The molecule has 1 saturated heterocycles. The Bertz CT molecular complexity index is 1640. The number of ether oxygens (including phenoxy) is 2. The number of aromatic nitrogens is 3. The van der Waals surface area contributed by atoms with Crippen LogP contribution < -0.4 is 20.1 Å². The lowest BCUT2D eigenvalue weighted by Crippen LogP contribution is -2.25. The minimum Gasteiger partial charge on any atom is -0.493 e. The summed E-state index contributed by atoms with van der Waals surface area (Å²) in [4.78, 5) is 46.3. The summed E-state index contributed by atoms with van der Waals surface area (Å²) in [5.41, 5.74) is 1.00. The quantitative estimate of drug-likeness (QED) is 0.123. The van der Waals surface area contributed by atoms with Gasteiger partial charge in [0.2, 0.25) is 5.91 Å². The van der Waals surface area contributed by atoms with Crippen molar-refractivity contribution in [2.45, 2.75) is 25.4 Å². The highest BCUT2D eigenvalue weighted by Gasteiger charge is 2.29. The number of anilines is 3. The molecule has 13 nitrogen and oxygen atoms in total. The number of likely N-dealkylation sites (tertiary alicyclic amines) is 1. The van der Waals surface area contributed by atoms with Crippen molar-refractivity contribution in [2.75, 3.05) is 44.0 Å². The van der Waals surface area contributed by atoms with Crippen LogP contribution in [0.5, 0.6) is 11.5 Å². The number of nitrogens with zero attached hydrogens (tertiary/aromatic N) is 4. The Hall–Kier alpha value is -3.72. The molecule has 2 aromatic carbocycles. The average Bonchev–Trinajstić information content (AvgIpc) is 3.58. The molecule has 228 valence electrons. The fraction of sp³-hybridized carbons (Fsp3) is 0.333. The van der Waals surface area contributed by atoms with Gasteiger partial charge in [-0.3, -0.25) is 9.32 Å². The number of fused-ring (bicyclic) bond motifs is 1. The lowest BCUT2D eigenvalue weighted by Gasteiger charge is -2.17. The van der Waals surface area contributed by atoms with Crippen molar-refractivity contribution in [3.05, 3.63) is 59.6 Å². The molecule has 0 bridgehead atoms. The number of phosphoric ester groups is 1. The Morgan fingerprint density at radius 3 is 2.86 bits per heavy atom. The van der Waals surface area contributed by atoms with Gasteiger partial charge in [0.05, 0.1) is 31.8 Å². The molecule has 1 aliphatic heterocycles. The van der Waals surface area contributed by atoms with Gasteiger partial charge in [-0.05, 0) is 37.1 Å². The third-order valence-electron chi connectivity index (χ3n) is 6.53. The van der Waals surface area contributed by atoms with Gasteiger partial charge in [0, 0.05) is 47.8 Å². The second-order valence-corrected chi connectivity index (χ2v) is 12.1.